The van der Waals surface area contributed by atoms with E-state index in [-0.39, 0.29) is 31.6 Å². The normalized spacial score (nSPS) is 13.3. The second kappa shape index (κ2) is 15.9. The number of nitrogens with zero attached hydrogens (tertiary/aromatic N) is 2. The molecule has 2 aromatic carbocycles. The van der Waals surface area contributed by atoms with E-state index >= 15 is 0 Å². The first-order valence-corrected chi connectivity index (χ1v) is 16.1. The first kappa shape index (κ1) is 31.0. The number of rotatable bonds is 15. The summed E-state index contributed by atoms with van der Waals surface area (Å²) in [4.78, 5) is 0. The van der Waals surface area contributed by atoms with Crippen LogP contribution in [0.5, 0.6) is 5.75 Å². The molecule has 0 aromatic heterocycles. The van der Waals surface area contributed by atoms with Gasteiger partial charge < -0.3 is 19.3 Å². The van der Waals surface area contributed by atoms with Crippen LogP contribution in [0.1, 0.15) is 38.8 Å². The molecule has 0 radical (unpaired) electrons. The Kier molecular flexibility index (Phi) is 13.3. The van der Waals surface area contributed by atoms with Crippen molar-refractivity contribution in [3.63, 3.8) is 0 Å². The standard InChI is InChI=1S/C24H33N3O7P2S/c1-5-30-35(28,31-6-2)34-23-17-13-12-16-21(23)18-19-22(20-14-10-9-11-15-20)26-27-24(25)37-36(29,32-7-3)33-8-4/h9-19H,5-8H2,1-4H3,(H2,25,27)/b19-18+,26-22+. The van der Waals surface area contributed by atoms with E-state index in [0.717, 1.165) is 5.56 Å². The SMILES string of the molecule is CCOP(=O)(OCC)Oc1ccccc1/C=C/C(=N\N=C(/N)SP(=O)(OCC)OCC)c1ccccc1. The predicted molar refractivity (Wildman–Crippen MR) is 150 cm³/mol. The van der Waals surface area contributed by atoms with Crippen LogP contribution in [-0.2, 0) is 27.2 Å². The Hall–Kier alpha value is -2.23. The summed E-state index contributed by atoms with van der Waals surface area (Å²) in [5.74, 6) is 0.310. The van der Waals surface area contributed by atoms with Crippen LogP contribution in [0, 0.1) is 0 Å². The molecule has 2 rings (SSSR count). The van der Waals surface area contributed by atoms with Gasteiger partial charge in [-0.15, -0.1) is 10.2 Å². The highest BCUT2D eigenvalue weighted by molar-refractivity contribution is 8.62. The van der Waals surface area contributed by atoms with Gasteiger partial charge in [-0.25, -0.2) is 9.13 Å². The predicted octanol–water partition coefficient (Wildman–Crippen LogP) is 6.89. The number of allylic oxidation sites excluding steroid dienone is 1. The number of para-hydroxylation sites is 1. The molecule has 0 aliphatic rings. The number of nitrogens with two attached hydrogens (primary N) is 1. The second-order valence-electron chi connectivity index (χ2n) is 6.91. The van der Waals surface area contributed by atoms with Crippen LogP contribution in [-0.4, -0.2) is 37.3 Å². The van der Waals surface area contributed by atoms with Gasteiger partial charge in [0.2, 0.25) is 0 Å². The van der Waals surface area contributed by atoms with Crippen molar-refractivity contribution >= 4 is 43.0 Å². The molecule has 0 aliphatic heterocycles. The monoisotopic (exact) mass is 569 g/mol. The molecular formula is C24H33N3O7P2S. The lowest BCUT2D eigenvalue weighted by Gasteiger charge is -2.18. The molecule has 2 aromatic rings. The van der Waals surface area contributed by atoms with Crippen LogP contribution in [0.25, 0.3) is 6.08 Å². The first-order chi connectivity index (χ1) is 17.8. The number of phosphoric ester groups is 1. The maximum Gasteiger partial charge on any atom is 0.530 e. The molecule has 0 atom stereocenters. The number of hydrogen-bond acceptors (Lipinski definition) is 10. The minimum Gasteiger partial charge on any atom is -0.403 e. The summed E-state index contributed by atoms with van der Waals surface area (Å²) in [5.41, 5.74) is 7.79. The molecule has 0 spiro atoms. The van der Waals surface area contributed by atoms with Crippen LogP contribution in [0.4, 0.5) is 0 Å². The van der Waals surface area contributed by atoms with Crippen molar-refractivity contribution in [3.8, 4) is 5.75 Å². The van der Waals surface area contributed by atoms with E-state index in [1.165, 1.54) is 0 Å². The summed E-state index contributed by atoms with van der Waals surface area (Å²) >= 11 is 0.695. The molecule has 0 saturated heterocycles. The van der Waals surface area contributed by atoms with E-state index in [4.69, 9.17) is 28.4 Å². The molecule has 202 valence electrons. The minimum absolute atomic E-state index is 0.0786. The second-order valence-corrected chi connectivity index (χ2v) is 12.4. The van der Waals surface area contributed by atoms with Crippen molar-refractivity contribution in [2.45, 2.75) is 27.7 Å². The minimum atomic E-state index is -3.79. The number of phosphoric acid groups is 1. The Labute approximate surface area is 222 Å². The van der Waals surface area contributed by atoms with Gasteiger partial charge in [0.05, 0.1) is 32.1 Å². The molecule has 0 aliphatic carbocycles. The molecule has 13 heteroatoms. The average molecular weight is 570 g/mol. The number of hydrogen-bond donors (Lipinski definition) is 1. The zero-order chi connectivity index (χ0) is 27.2. The van der Waals surface area contributed by atoms with Gasteiger partial charge in [-0.1, -0.05) is 48.5 Å². The van der Waals surface area contributed by atoms with Crippen molar-refractivity contribution in [2.75, 3.05) is 26.4 Å². The molecule has 0 saturated carbocycles. The highest BCUT2D eigenvalue weighted by atomic mass is 32.7. The summed E-state index contributed by atoms with van der Waals surface area (Å²) < 4.78 is 52.3. The molecule has 0 fully saturated rings. The Morgan fingerprint density at radius 2 is 1.41 bits per heavy atom. The van der Waals surface area contributed by atoms with Crippen molar-refractivity contribution in [1.82, 2.24) is 0 Å². The highest BCUT2D eigenvalue weighted by Crippen LogP contribution is 2.60. The molecule has 37 heavy (non-hydrogen) atoms. The van der Waals surface area contributed by atoms with Gasteiger partial charge in [-0.2, -0.15) is 0 Å². The van der Waals surface area contributed by atoms with E-state index in [1.54, 1.807) is 58.0 Å². The van der Waals surface area contributed by atoms with Crippen molar-refractivity contribution < 1.29 is 31.7 Å². The average Bonchev–Trinajstić information content (AvgIpc) is 2.86. The zero-order valence-electron chi connectivity index (χ0n) is 21.3. The van der Waals surface area contributed by atoms with E-state index in [9.17, 15) is 9.13 Å². The summed E-state index contributed by atoms with van der Waals surface area (Å²) in [6.45, 7) is 4.04. The van der Waals surface area contributed by atoms with Crippen LogP contribution < -0.4 is 10.3 Å². The largest absolute Gasteiger partial charge is 0.530 e. The summed E-state index contributed by atoms with van der Waals surface area (Å²) in [5, 5.41) is 8.23. The number of amidine groups is 1. The first-order valence-electron chi connectivity index (χ1n) is 11.7. The quantitative estimate of drug-likeness (QED) is 0.105. The van der Waals surface area contributed by atoms with E-state index in [1.807, 2.05) is 36.4 Å². The number of benzene rings is 2. The van der Waals surface area contributed by atoms with Gasteiger partial charge in [-0.05, 0) is 45.9 Å². The fraction of sp³-hybridized carbons (Fsp3) is 0.333. The molecule has 0 unspecified atom stereocenters. The van der Waals surface area contributed by atoms with E-state index in [0.29, 0.717) is 28.4 Å². The lowest BCUT2D eigenvalue weighted by atomic mass is 10.1. The fourth-order valence-corrected chi connectivity index (χ4v) is 6.92. The Balaban J connectivity index is 2.39. The molecule has 0 heterocycles. The smallest absolute Gasteiger partial charge is 0.403 e. The third kappa shape index (κ3) is 10.6. The maximum atomic E-state index is 12.9. The third-order valence-electron chi connectivity index (χ3n) is 4.23. The molecule has 0 bridgehead atoms. The lowest BCUT2D eigenvalue weighted by molar-refractivity contribution is 0.167. The van der Waals surface area contributed by atoms with Gasteiger partial charge in [0.25, 0.3) is 0 Å². The van der Waals surface area contributed by atoms with E-state index < -0.39 is 14.6 Å². The van der Waals surface area contributed by atoms with Gasteiger partial charge in [0, 0.05) is 22.5 Å². The molecule has 0 amide bonds. The summed E-state index contributed by atoms with van der Waals surface area (Å²) in [7, 11) is -3.79. The Morgan fingerprint density at radius 3 is 2.00 bits per heavy atom. The van der Waals surface area contributed by atoms with Gasteiger partial charge in [0.1, 0.15) is 5.75 Å². The van der Waals surface area contributed by atoms with Crippen LogP contribution in [0.15, 0.2) is 70.9 Å². The summed E-state index contributed by atoms with van der Waals surface area (Å²) in [6, 6.07) is 16.3. The maximum absolute atomic E-state index is 12.9. The van der Waals surface area contributed by atoms with Crippen LogP contribution >= 0.6 is 26.0 Å². The van der Waals surface area contributed by atoms with Crippen molar-refractivity contribution in [3.05, 3.63) is 71.8 Å². The third-order valence-corrected chi connectivity index (χ3v) is 9.30. The van der Waals surface area contributed by atoms with Gasteiger partial charge >= 0.3 is 14.6 Å². The van der Waals surface area contributed by atoms with E-state index in [2.05, 4.69) is 10.2 Å². The van der Waals surface area contributed by atoms with Crippen LogP contribution in [0.3, 0.4) is 0 Å². The fourth-order valence-electron chi connectivity index (χ4n) is 2.84. The molecule has 2 N–H and O–H groups in total. The van der Waals surface area contributed by atoms with Crippen molar-refractivity contribution in [2.24, 2.45) is 15.9 Å². The summed E-state index contributed by atoms with van der Waals surface area (Å²) in [6.07, 6.45) is 3.43. The zero-order valence-corrected chi connectivity index (χ0v) is 23.9. The topological polar surface area (TPSA) is 131 Å². The highest BCUT2D eigenvalue weighted by Gasteiger charge is 2.28. The van der Waals surface area contributed by atoms with Crippen molar-refractivity contribution in [1.29, 1.82) is 0 Å². The van der Waals surface area contributed by atoms with Gasteiger partial charge in [-0.3, -0.25) is 9.05 Å². The Morgan fingerprint density at radius 1 is 0.838 bits per heavy atom. The molecule has 10 nitrogen and oxygen atoms in total. The van der Waals surface area contributed by atoms with Crippen LogP contribution in [0.2, 0.25) is 0 Å². The lowest BCUT2D eigenvalue weighted by Crippen LogP contribution is -2.08. The molecular weight excluding hydrogens is 536 g/mol. The Bertz CT molecular complexity index is 1160. The van der Waals surface area contributed by atoms with Gasteiger partial charge in [0.15, 0.2) is 5.17 Å².